The van der Waals surface area contributed by atoms with Crippen molar-refractivity contribution in [2.45, 2.75) is 38.9 Å². The number of methoxy groups -OCH3 is 1. The highest BCUT2D eigenvalue weighted by molar-refractivity contribution is 6.42. The van der Waals surface area contributed by atoms with E-state index < -0.39 is 0 Å². The number of nitrogens with zero attached hydrogens (tertiary/aromatic N) is 3. The van der Waals surface area contributed by atoms with E-state index in [1.54, 1.807) is 61.5 Å². The summed E-state index contributed by atoms with van der Waals surface area (Å²) in [6, 6.07) is 18.5. The van der Waals surface area contributed by atoms with Crippen molar-refractivity contribution in [3.63, 3.8) is 0 Å². The van der Waals surface area contributed by atoms with E-state index in [0.717, 1.165) is 5.56 Å². The molecule has 1 aromatic heterocycles. The minimum Gasteiger partial charge on any atom is -0.496 e. The van der Waals surface area contributed by atoms with Crippen molar-refractivity contribution in [2.24, 2.45) is 0 Å². The predicted octanol–water partition coefficient (Wildman–Crippen LogP) is 5.67. The molecule has 2 heterocycles. The maximum Gasteiger partial charge on any atom is 0.263 e. The number of fused-ring (bicyclic) bond motifs is 1. The molecule has 43 heavy (non-hydrogen) atoms. The Morgan fingerprint density at radius 1 is 1.02 bits per heavy atom. The largest absolute Gasteiger partial charge is 0.496 e. The molecule has 3 aromatic carbocycles. The summed E-state index contributed by atoms with van der Waals surface area (Å²) < 4.78 is 7.08. The molecule has 11 heteroatoms. The van der Waals surface area contributed by atoms with Crippen LogP contribution in [-0.2, 0) is 13.0 Å². The quantitative estimate of drug-likeness (QED) is 0.276. The smallest absolute Gasteiger partial charge is 0.263 e. The number of carbonyl (C=O) groups is 2. The fourth-order valence-corrected chi connectivity index (χ4v) is 5.56. The first kappa shape index (κ1) is 30.1. The van der Waals surface area contributed by atoms with E-state index in [9.17, 15) is 14.4 Å². The van der Waals surface area contributed by atoms with Crippen molar-refractivity contribution in [1.82, 2.24) is 19.8 Å². The summed E-state index contributed by atoms with van der Waals surface area (Å²) in [6.07, 6.45) is 0.312. The molecule has 0 fully saturated rings. The van der Waals surface area contributed by atoms with Crippen LogP contribution in [0.1, 0.15) is 57.4 Å². The second-order valence-electron chi connectivity index (χ2n) is 10.4. The standard InChI is InChI=1S/C32H31Cl2N5O4/c1-18-15-24-27(17-38(18)30(41)21-11-14-25(33)26(34)16-21)37-32(36-19(2)23-7-5-6-8-28(23)43-4)39(31(24)42)22-12-9-20(10-13-22)29(40)35-3/h5-14,16,18-19H,15,17H2,1-4H3,(H,35,40)(H,36,37)/t18-,19-/m1/s1. The van der Waals surface area contributed by atoms with Crippen LogP contribution in [0.2, 0.25) is 10.0 Å². The minimum atomic E-state index is -0.297. The van der Waals surface area contributed by atoms with Gasteiger partial charge in [-0.15, -0.1) is 0 Å². The predicted molar refractivity (Wildman–Crippen MR) is 168 cm³/mol. The average Bonchev–Trinajstić information content (AvgIpc) is 3.02. The normalized spacial score (nSPS) is 14.9. The van der Waals surface area contributed by atoms with Crippen molar-refractivity contribution >= 4 is 41.0 Å². The molecule has 2 amide bonds. The molecule has 0 saturated heterocycles. The van der Waals surface area contributed by atoms with Crippen LogP contribution in [0.4, 0.5) is 5.95 Å². The highest BCUT2D eigenvalue weighted by atomic mass is 35.5. The monoisotopic (exact) mass is 619 g/mol. The molecular weight excluding hydrogens is 589 g/mol. The van der Waals surface area contributed by atoms with Crippen LogP contribution >= 0.6 is 23.2 Å². The Labute approximate surface area is 259 Å². The van der Waals surface area contributed by atoms with Gasteiger partial charge in [0.1, 0.15) is 5.75 Å². The maximum absolute atomic E-state index is 14.2. The number of hydrogen-bond acceptors (Lipinski definition) is 6. The van der Waals surface area contributed by atoms with Crippen molar-refractivity contribution in [2.75, 3.05) is 19.5 Å². The summed E-state index contributed by atoms with van der Waals surface area (Å²) in [7, 11) is 3.17. The molecule has 0 saturated carbocycles. The number of rotatable bonds is 7. The molecule has 2 N–H and O–H groups in total. The fraction of sp³-hybridized carbons (Fsp3) is 0.250. The van der Waals surface area contributed by atoms with Gasteiger partial charge in [-0.3, -0.25) is 14.4 Å². The maximum atomic E-state index is 14.2. The number of para-hydroxylation sites is 1. The van der Waals surface area contributed by atoms with Crippen LogP contribution in [0.15, 0.2) is 71.5 Å². The SMILES string of the molecule is CNC(=O)c1ccc(-n2c(N[C@H](C)c3ccccc3OC)nc3c(c2=O)C[C@@H](C)N(C(=O)c2ccc(Cl)c(Cl)c2)C3)cc1. The van der Waals surface area contributed by atoms with Gasteiger partial charge in [-0.25, -0.2) is 9.55 Å². The number of aromatic nitrogens is 2. The Bertz CT molecular complexity index is 1760. The van der Waals surface area contributed by atoms with Gasteiger partial charge in [-0.2, -0.15) is 0 Å². The van der Waals surface area contributed by atoms with Gasteiger partial charge in [0.25, 0.3) is 17.4 Å². The van der Waals surface area contributed by atoms with Crippen LogP contribution in [0, 0.1) is 0 Å². The van der Waals surface area contributed by atoms with Gasteiger partial charge in [-0.05, 0) is 68.8 Å². The zero-order valence-corrected chi connectivity index (χ0v) is 25.7. The lowest BCUT2D eigenvalue weighted by Gasteiger charge is -2.35. The van der Waals surface area contributed by atoms with Crippen LogP contribution < -0.4 is 20.9 Å². The van der Waals surface area contributed by atoms with Crippen LogP contribution in [0.3, 0.4) is 0 Å². The molecule has 0 unspecified atom stereocenters. The van der Waals surface area contributed by atoms with E-state index in [1.807, 2.05) is 38.1 Å². The third-order valence-corrected chi connectivity index (χ3v) is 8.35. The van der Waals surface area contributed by atoms with Crippen molar-refractivity contribution < 1.29 is 14.3 Å². The average molecular weight is 621 g/mol. The van der Waals surface area contributed by atoms with Gasteiger partial charge in [0.15, 0.2) is 0 Å². The zero-order chi connectivity index (χ0) is 30.8. The number of anilines is 1. The minimum absolute atomic E-state index is 0.138. The Morgan fingerprint density at radius 3 is 2.40 bits per heavy atom. The zero-order valence-electron chi connectivity index (χ0n) is 24.2. The Hall–Kier alpha value is -4.34. The third kappa shape index (κ3) is 5.96. The van der Waals surface area contributed by atoms with E-state index >= 15 is 0 Å². The lowest BCUT2D eigenvalue weighted by Crippen LogP contribution is -2.46. The number of halogens is 2. The summed E-state index contributed by atoms with van der Waals surface area (Å²) in [5.74, 6) is 0.526. The number of amides is 2. The summed E-state index contributed by atoms with van der Waals surface area (Å²) in [4.78, 5) is 46.5. The molecule has 9 nitrogen and oxygen atoms in total. The highest BCUT2D eigenvalue weighted by Crippen LogP contribution is 2.30. The molecular formula is C32H31Cl2N5O4. The topological polar surface area (TPSA) is 106 Å². The van der Waals surface area contributed by atoms with Crippen LogP contribution in [0.5, 0.6) is 5.75 Å². The molecule has 1 aliphatic heterocycles. The van der Waals surface area contributed by atoms with Gasteiger partial charge in [0.05, 0.1) is 41.1 Å². The summed E-state index contributed by atoms with van der Waals surface area (Å²) in [5.41, 5.74) is 3.07. The molecule has 0 aliphatic carbocycles. The van der Waals surface area contributed by atoms with Crippen molar-refractivity contribution in [3.8, 4) is 11.4 Å². The Kier molecular flexibility index (Phi) is 8.75. The third-order valence-electron chi connectivity index (χ3n) is 7.61. The molecule has 1 aliphatic rings. The van der Waals surface area contributed by atoms with Crippen molar-refractivity contribution in [3.05, 3.63) is 115 Å². The number of hydrogen-bond donors (Lipinski definition) is 2. The Morgan fingerprint density at radius 2 is 1.72 bits per heavy atom. The molecule has 5 rings (SSSR count). The lowest BCUT2D eigenvalue weighted by molar-refractivity contribution is 0.0653. The molecule has 0 bridgehead atoms. The number of carbonyl (C=O) groups excluding carboxylic acids is 2. The van der Waals surface area contributed by atoms with E-state index in [0.29, 0.717) is 51.2 Å². The van der Waals surface area contributed by atoms with Crippen LogP contribution in [-0.4, -0.2) is 46.5 Å². The number of benzene rings is 3. The van der Waals surface area contributed by atoms with E-state index in [-0.39, 0.29) is 41.0 Å². The summed E-state index contributed by atoms with van der Waals surface area (Å²) >= 11 is 12.3. The van der Waals surface area contributed by atoms with E-state index in [4.69, 9.17) is 32.9 Å². The van der Waals surface area contributed by atoms with Gasteiger partial charge >= 0.3 is 0 Å². The van der Waals surface area contributed by atoms with E-state index in [1.165, 1.54) is 4.57 Å². The summed E-state index contributed by atoms with van der Waals surface area (Å²) in [5, 5.41) is 6.65. The lowest BCUT2D eigenvalue weighted by atomic mass is 9.98. The van der Waals surface area contributed by atoms with Gasteiger partial charge < -0.3 is 20.3 Å². The molecule has 2 atom stereocenters. The summed E-state index contributed by atoms with van der Waals surface area (Å²) in [6.45, 7) is 3.99. The molecule has 0 radical (unpaired) electrons. The van der Waals surface area contributed by atoms with Gasteiger partial charge in [0, 0.05) is 35.3 Å². The second-order valence-corrected chi connectivity index (χ2v) is 11.2. The fourth-order valence-electron chi connectivity index (χ4n) is 5.26. The molecule has 222 valence electrons. The van der Waals surface area contributed by atoms with E-state index in [2.05, 4.69) is 10.6 Å². The molecule has 4 aromatic rings. The van der Waals surface area contributed by atoms with Crippen molar-refractivity contribution in [1.29, 1.82) is 0 Å². The second kappa shape index (κ2) is 12.5. The first-order chi connectivity index (χ1) is 20.6. The number of ether oxygens (including phenoxy) is 1. The molecule has 0 spiro atoms. The van der Waals surface area contributed by atoms with Gasteiger partial charge in [-0.1, -0.05) is 41.4 Å². The van der Waals surface area contributed by atoms with Crippen LogP contribution in [0.25, 0.3) is 5.69 Å². The highest BCUT2D eigenvalue weighted by Gasteiger charge is 2.32. The Balaban J connectivity index is 1.59. The van der Waals surface area contributed by atoms with Gasteiger partial charge in [0.2, 0.25) is 5.95 Å². The number of nitrogens with one attached hydrogen (secondary N) is 2. The first-order valence-corrected chi connectivity index (χ1v) is 14.5. The first-order valence-electron chi connectivity index (χ1n) is 13.8.